The van der Waals surface area contributed by atoms with Gasteiger partial charge in [0.1, 0.15) is 17.2 Å². The zero-order valence-corrected chi connectivity index (χ0v) is 23.1. The molecule has 6 aromatic heterocycles. The van der Waals surface area contributed by atoms with Crippen LogP contribution in [0.25, 0.3) is 39.3 Å². The predicted molar refractivity (Wildman–Crippen MR) is 160 cm³/mol. The summed E-state index contributed by atoms with van der Waals surface area (Å²) in [6, 6.07) is 24.9. The van der Waals surface area contributed by atoms with Crippen LogP contribution in [-0.4, -0.2) is 40.0 Å². The monoisotopic (exact) mass is 600 g/mol. The Hall–Kier alpha value is -5.22. The highest BCUT2D eigenvalue weighted by Gasteiger charge is 2.22. The van der Waals surface area contributed by atoms with Crippen molar-refractivity contribution in [3.8, 4) is 22.6 Å². The fourth-order valence-electron chi connectivity index (χ4n) is 4.76. The van der Waals surface area contributed by atoms with Gasteiger partial charge in [-0.2, -0.15) is 5.10 Å². The Morgan fingerprint density at radius 2 is 1.71 bits per heavy atom. The lowest BCUT2D eigenvalue weighted by molar-refractivity contribution is 0.102. The highest BCUT2D eigenvalue weighted by atomic mass is 79.9. The molecule has 6 heterocycles. The molecule has 0 saturated heterocycles. The number of fused-ring (bicyclic) bond motifs is 2. The molecule has 1 N–H and O–H groups in total. The van der Waals surface area contributed by atoms with E-state index in [0.29, 0.717) is 51.7 Å². The van der Waals surface area contributed by atoms with Gasteiger partial charge in [-0.25, -0.2) is 14.6 Å². The van der Waals surface area contributed by atoms with Crippen LogP contribution in [0, 0.1) is 0 Å². The molecule has 1 amide bonds. The molecule has 0 aliphatic carbocycles. The number of halogens is 1. The Kier molecular flexibility index (Phi) is 6.29. The third kappa shape index (κ3) is 4.74. The van der Waals surface area contributed by atoms with E-state index in [9.17, 15) is 4.79 Å². The summed E-state index contributed by atoms with van der Waals surface area (Å²) >= 11 is 3.54. The Morgan fingerprint density at radius 3 is 2.51 bits per heavy atom. The molecule has 0 unspecified atom stereocenters. The number of hydrogen-bond donors (Lipinski definition) is 1. The van der Waals surface area contributed by atoms with E-state index in [1.54, 1.807) is 29.5 Å². The molecule has 7 rings (SSSR count). The van der Waals surface area contributed by atoms with Crippen LogP contribution < -0.4 is 5.32 Å². The van der Waals surface area contributed by atoms with Gasteiger partial charge in [0.15, 0.2) is 5.65 Å². The molecule has 0 saturated carbocycles. The number of pyridine rings is 4. The molecule has 9 nitrogen and oxygen atoms in total. The van der Waals surface area contributed by atoms with Crippen molar-refractivity contribution in [3.63, 3.8) is 0 Å². The van der Waals surface area contributed by atoms with Crippen molar-refractivity contribution in [1.82, 2.24) is 34.1 Å². The Bertz CT molecular complexity index is 2020. The lowest BCUT2D eigenvalue weighted by Gasteiger charge is -2.11. The van der Waals surface area contributed by atoms with Gasteiger partial charge in [0.05, 0.1) is 35.1 Å². The van der Waals surface area contributed by atoms with Crippen LogP contribution in [0.1, 0.15) is 15.9 Å². The molecule has 0 bridgehead atoms. The normalized spacial score (nSPS) is 11.2. The van der Waals surface area contributed by atoms with Gasteiger partial charge < -0.3 is 5.32 Å². The third-order valence-corrected chi connectivity index (χ3v) is 7.20. The summed E-state index contributed by atoms with van der Waals surface area (Å²) in [5.74, 6) is 0.206. The minimum absolute atomic E-state index is 0.308. The number of rotatable bonds is 6. The highest BCUT2D eigenvalue weighted by Crippen LogP contribution is 2.31. The quantitative estimate of drug-likeness (QED) is 0.241. The molecular weight excluding hydrogens is 580 g/mol. The number of anilines is 1. The van der Waals surface area contributed by atoms with Crippen LogP contribution in [0.2, 0.25) is 0 Å². The molecule has 7 aromatic rings. The topological polar surface area (TPSA) is 103 Å². The molecule has 0 aliphatic heterocycles. The average molecular weight is 601 g/mol. The smallest absolute Gasteiger partial charge is 0.257 e. The summed E-state index contributed by atoms with van der Waals surface area (Å²) in [6.07, 6.45) is 8.76. The number of carbonyl (C=O) groups is 1. The number of hydrogen-bond acceptors (Lipinski definition) is 6. The molecule has 10 heteroatoms. The van der Waals surface area contributed by atoms with Crippen LogP contribution in [-0.2, 0) is 6.54 Å². The highest BCUT2D eigenvalue weighted by molar-refractivity contribution is 9.10. The maximum atomic E-state index is 14.1. The fourth-order valence-corrected chi connectivity index (χ4v) is 5.10. The van der Waals surface area contributed by atoms with E-state index >= 15 is 0 Å². The van der Waals surface area contributed by atoms with Crippen molar-refractivity contribution in [2.24, 2.45) is 0 Å². The van der Waals surface area contributed by atoms with E-state index in [1.165, 1.54) is 0 Å². The number of aromatic nitrogens is 7. The molecule has 41 heavy (non-hydrogen) atoms. The standard InChI is InChI=1S/C31H21BrN8O/c32-22-9-10-27-37-28(25-8-4-5-13-34-25)30(39(27)19-22)38-31(41)23-16-26(21-6-2-1-3-7-21)36-29-24(23)17-35-40(29)18-20-11-14-33-15-12-20/h1-17,19H,18H2,(H,38,41). The maximum absolute atomic E-state index is 14.1. The zero-order valence-electron chi connectivity index (χ0n) is 21.5. The second-order valence-corrected chi connectivity index (χ2v) is 10.3. The Morgan fingerprint density at radius 1 is 0.878 bits per heavy atom. The van der Waals surface area contributed by atoms with Crippen molar-refractivity contribution >= 4 is 44.3 Å². The van der Waals surface area contributed by atoms with Crippen LogP contribution in [0.4, 0.5) is 5.82 Å². The number of nitrogens with one attached hydrogen (secondary N) is 1. The van der Waals surface area contributed by atoms with E-state index in [1.807, 2.05) is 89.5 Å². The number of amides is 1. The molecule has 1 aromatic carbocycles. The maximum Gasteiger partial charge on any atom is 0.257 e. The molecule has 198 valence electrons. The van der Waals surface area contributed by atoms with Gasteiger partial charge >= 0.3 is 0 Å². The molecule has 0 fully saturated rings. The summed E-state index contributed by atoms with van der Waals surface area (Å²) in [5, 5.41) is 8.39. The summed E-state index contributed by atoms with van der Waals surface area (Å²) in [5.41, 5.74) is 5.56. The minimum Gasteiger partial charge on any atom is -0.306 e. The predicted octanol–water partition coefficient (Wildman–Crippen LogP) is 6.27. The van der Waals surface area contributed by atoms with E-state index in [0.717, 1.165) is 15.6 Å². The number of benzene rings is 1. The van der Waals surface area contributed by atoms with Gasteiger partial charge in [-0.15, -0.1) is 0 Å². The van der Waals surface area contributed by atoms with Crippen molar-refractivity contribution in [2.45, 2.75) is 6.54 Å². The Balaban J connectivity index is 1.37. The minimum atomic E-state index is -0.308. The number of nitrogens with zero attached hydrogens (tertiary/aromatic N) is 7. The van der Waals surface area contributed by atoms with Crippen LogP contribution in [0.5, 0.6) is 0 Å². The van der Waals surface area contributed by atoms with Crippen molar-refractivity contribution in [2.75, 3.05) is 5.32 Å². The van der Waals surface area contributed by atoms with Crippen molar-refractivity contribution in [1.29, 1.82) is 0 Å². The van der Waals surface area contributed by atoms with E-state index in [4.69, 9.17) is 9.97 Å². The summed E-state index contributed by atoms with van der Waals surface area (Å²) in [6.45, 7) is 0.490. The van der Waals surface area contributed by atoms with Gasteiger partial charge in [-0.1, -0.05) is 36.4 Å². The average Bonchev–Trinajstić information content (AvgIpc) is 3.59. The van der Waals surface area contributed by atoms with Gasteiger partial charge in [0.2, 0.25) is 0 Å². The second-order valence-electron chi connectivity index (χ2n) is 9.37. The van der Waals surface area contributed by atoms with E-state index in [2.05, 4.69) is 36.3 Å². The number of carbonyl (C=O) groups excluding carboxylic acids is 1. The van der Waals surface area contributed by atoms with Gasteiger partial charge in [-0.05, 0) is 64.0 Å². The second kappa shape index (κ2) is 10.4. The first-order valence-electron chi connectivity index (χ1n) is 12.9. The number of imidazole rings is 1. The molecular formula is C31H21BrN8O. The van der Waals surface area contributed by atoms with E-state index < -0.39 is 0 Å². The largest absolute Gasteiger partial charge is 0.306 e. The zero-order chi connectivity index (χ0) is 27.8. The first-order valence-corrected chi connectivity index (χ1v) is 13.6. The van der Waals surface area contributed by atoms with E-state index in [-0.39, 0.29) is 5.91 Å². The SMILES string of the molecule is O=C(Nc1c(-c2ccccn2)nc2ccc(Br)cn12)c1cc(-c2ccccc2)nc2c1cnn2Cc1ccncc1. The Labute approximate surface area is 242 Å². The first kappa shape index (κ1) is 24.8. The van der Waals surface area contributed by atoms with Gasteiger partial charge in [-0.3, -0.25) is 19.2 Å². The molecule has 0 spiro atoms. The van der Waals surface area contributed by atoms with Gasteiger partial charge in [0, 0.05) is 34.8 Å². The summed E-state index contributed by atoms with van der Waals surface area (Å²) in [7, 11) is 0. The fraction of sp³-hybridized carbons (Fsp3) is 0.0323. The van der Waals surface area contributed by atoms with Crippen LogP contribution >= 0.6 is 15.9 Å². The van der Waals surface area contributed by atoms with Crippen LogP contribution in [0.15, 0.2) is 114 Å². The lowest BCUT2D eigenvalue weighted by atomic mass is 10.1. The van der Waals surface area contributed by atoms with Crippen molar-refractivity contribution in [3.05, 3.63) is 125 Å². The lowest BCUT2D eigenvalue weighted by Crippen LogP contribution is -2.15. The molecule has 0 atom stereocenters. The van der Waals surface area contributed by atoms with Crippen molar-refractivity contribution < 1.29 is 4.79 Å². The summed E-state index contributed by atoms with van der Waals surface area (Å²) < 4.78 is 4.49. The first-order chi connectivity index (χ1) is 20.1. The third-order valence-electron chi connectivity index (χ3n) is 6.73. The van der Waals surface area contributed by atoms with Gasteiger partial charge in [0.25, 0.3) is 5.91 Å². The summed E-state index contributed by atoms with van der Waals surface area (Å²) in [4.78, 5) is 32.4. The molecule has 0 radical (unpaired) electrons. The molecule has 0 aliphatic rings. The van der Waals surface area contributed by atoms with Crippen LogP contribution in [0.3, 0.4) is 0 Å².